The van der Waals surface area contributed by atoms with Crippen LogP contribution in [0.1, 0.15) is 31.9 Å². The fourth-order valence-corrected chi connectivity index (χ4v) is 2.12. The molecule has 3 nitrogen and oxygen atoms in total. The van der Waals surface area contributed by atoms with E-state index in [0.717, 1.165) is 12.6 Å². The van der Waals surface area contributed by atoms with Gasteiger partial charge in [-0.05, 0) is 30.2 Å². The van der Waals surface area contributed by atoms with E-state index >= 15 is 0 Å². The highest BCUT2D eigenvalue weighted by molar-refractivity contribution is 5.85. The van der Waals surface area contributed by atoms with Crippen molar-refractivity contribution in [2.75, 3.05) is 13.6 Å². The second-order valence-electron chi connectivity index (χ2n) is 6.26. The molecule has 0 spiro atoms. The van der Waals surface area contributed by atoms with Gasteiger partial charge in [-0.15, -0.1) is 0 Å². The van der Waals surface area contributed by atoms with Crippen LogP contribution in [0.15, 0.2) is 24.3 Å². The first-order valence-corrected chi connectivity index (χ1v) is 6.55. The summed E-state index contributed by atoms with van der Waals surface area (Å²) in [6.07, 6.45) is 2.38. The fraction of sp³-hybridized carbons (Fsp3) is 0.438. The molecule has 0 aromatic heterocycles. The molecule has 0 radical (unpaired) electrons. The molecule has 0 fully saturated rings. The van der Waals surface area contributed by atoms with E-state index < -0.39 is 5.97 Å². The molecule has 1 N–H and O–H groups in total. The minimum Gasteiger partial charge on any atom is -0.478 e. The molecule has 0 aliphatic heterocycles. The van der Waals surface area contributed by atoms with Gasteiger partial charge in [0.05, 0.1) is 0 Å². The summed E-state index contributed by atoms with van der Waals surface area (Å²) in [4.78, 5) is 12.5. The summed E-state index contributed by atoms with van der Waals surface area (Å²) in [5, 5.41) is 8.54. The van der Waals surface area contributed by atoms with Gasteiger partial charge in [0, 0.05) is 24.7 Å². The van der Waals surface area contributed by atoms with Gasteiger partial charge in [0.1, 0.15) is 5.82 Å². The Hall–Kier alpha value is -1.68. The minimum absolute atomic E-state index is 0.162. The monoisotopic (exact) mass is 279 g/mol. The lowest BCUT2D eigenvalue weighted by Crippen LogP contribution is -2.29. The number of benzene rings is 1. The number of hydrogen-bond acceptors (Lipinski definition) is 2. The summed E-state index contributed by atoms with van der Waals surface area (Å²) in [5.41, 5.74) is 1.33. The zero-order valence-corrected chi connectivity index (χ0v) is 12.5. The van der Waals surface area contributed by atoms with Crippen molar-refractivity contribution in [2.45, 2.75) is 27.3 Å². The van der Waals surface area contributed by atoms with Crippen LogP contribution >= 0.6 is 0 Å². The molecule has 0 aliphatic carbocycles. The fourth-order valence-electron chi connectivity index (χ4n) is 2.12. The van der Waals surface area contributed by atoms with Crippen molar-refractivity contribution in [3.8, 4) is 0 Å². The molecule has 0 atom stereocenters. The van der Waals surface area contributed by atoms with E-state index in [4.69, 9.17) is 5.11 Å². The number of carbonyl (C=O) groups is 1. The molecule has 0 saturated heterocycles. The van der Waals surface area contributed by atoms with E-state index in [1.165, 1.54) is 12.1 Å². The Bertz CT molecular complexity index is 504. The highest BCUT2D eigenvalue weighted by Gasteiger charge is 2.14. The Labute approximate surface area is 119 Å². The molecule has 0 amide bonds. The SMILES string of the molecule is CN(Cc1ccc(C=CC(=O)O)cc1F)CC(C)(C)C. The summed E-state index contributed by atoms with van der Waals surface area (Å²) >= 11 is 0. The largest absolute Gasteiger partial charge is 0.478 e. The van der Waals surface area contributed by atoms with Gasteiger partial charge in [-0.25, -0.2) is 9.18 Å². The number of halogens is 1. The van der Waals surface area contributed by atoms with Gasteiger partial charge in [-0.3, -0.25) is 0 Å². The number of carboxylic acids is 1. The maximum absolute atomic E-state index is 14.0. The minimum atomic E-state index is -1.04. The van der Waals surface area contributed by atoms with Gasteiger partial charge < -0.3 is 10.0 Å². The summed E-state index contributed by atoms with van der Waals surface area (Å²) in [6, 6.07) is 4.79. The Morgan fingerprint density at radius 1 is 1.40 bits per heavy atom. The highest BCUT2D eigenvalue weighted by Crippen LogP contribution is 2.18. The smallest absolute Gasteiger partial charge is 0.328 e. The first-order chi connectivity index (χ1) is 9.17. The standard InChI is InChI=1S/C16H22FNO2/c1-16(2,3)11-18(4)10-13-7-5-12(9-14(13)17)6-8-15(19)20/h5-9H,10-11H2,1-4H3,(H,19,20). The van der Waals surface area contributed by atoms with Crippen LogP contribution < -0.4 is 0 Å². The first-order valence-electron chi connectivity index (χ1n) is 6.55. The van der Waals surface area contributed by atoms with Crippen molar-refractivity contribution >= 4 is 12.0 Å². The highest BCUT2D eigenvalue weighted by atomic mass is 19.1. The summed E-state index contributed by atoms with van der Waals surface area (Å²) < 4.78 is 14.0. The molecule has 20 heavy (non-hydrogen) atoms. The van der Waals surface area contributed by atoms with Crippen molar-refractivity contribution in [1.29, 1.82) is 0 Å². The van der Waals surface area contributed by atoms with Crippen LogP contribution in [0.25, 0.3) is 6.08 Å². The average Bonchev–Trinajstić information content (AvgIpc) is 2.27. The third kappa shape index (κ3) is 5.97. The number of carboxylic acid groups (broad SMARTS) is 1. The molecule has 0 heterocycles. The summed E-state index contributed by atoms with van der Waals surface area (Å²) in [6.45, 7) is 7.82. The maximum Gasteiger partial charge on any atom is 0.328 e. The Kier molecular flexibility index (Phi) is 5.45. The molecule has 1 aromatic carbocycles. The van der Waals surface area contributed by atoms with Crippen molar-refractivity contribution < 1.29 is 14.3 Å². The van der Waals surface area contributed by atoms with Gasteiger partial charge in [-0.2, -0.15) is 0 Å². The average molecular weight is 279 g/mol. The van der Waals surface area contributed by atoms with E-state index in [1.807, 2.05) is 7.05 Å². The molecule has 1 rings (SSSR count). The number of rotatable bonds is 5. The van der Waals surface area contributed by atoms with E-state index in [1.54, 1.807) is 12.1 Å². The second-order valence-corrected chi connectivity index (χ2v) is 6.26. The predicted molar refractivity (Wildman–Crippen MR) is 78.9 cm³/mol. The van der Waals surface area contributed by atoms with E-state index in [-0.39, 0.29) is 11.2 Å². The molecule has 0 unspecified atom stereocenters. The molecular weight excluding hydrogens is 257 g/mol. The number of aliphatic carboxylic acids is 1. The van der Waals surface area contributed by atoms with E-state index in [0.29, 0.717) is 17.7 Å². The molecule has 0 aliphatic rings. The van der Waals surface area contributed by atoms with E-state index in [9.17, 15) is 9.18 Å². The third-order valence-electron chi connectivity index (χ3n) is 2.68. The molecule has 1 aromatic rings. The van der Waals surface area contributed by atoms with Gasteiger partial charge in [0.2, 0.25) is 0 Å². The number of hydrogen-bond donors (Lipinski definition) is 1. The van der Waals surface area contributed by atoms with Crippen LogP contribution in [-0.2, 0) is 11.3 Å². The van der Waals surface area contributed by atoms with Crippen LogP contribution in [0.4, 0.5) is 4.39 Å². The van der Waals surface area contributed by atoms with Crippen LogP contribution in [0.5, 0.6) is 0 Å². The van der Waals surface area contributed by atoms with Gasteiger partial charge in [0.25, 0.3) is 0 Å². The maximum atomic E-state index is 14.0. The topological polar surface area (TPSA) is 40.5 Å². The van der Waals surface area contributed by atoms with Crippen LogP contribution in [0, 0.1) is 11.2 Å². The molecular formula is C16H22FNO2. The summed E-state index contributed by atoms with van der Waals surface area (Å²) in [7, 11) is 1.96. The Balaban J connectivity index is 2.76. The first kappa shape index (κ1) is 16.4. The summed E-state index contributed by atoms with van der Waals surface area (Å²) in [5.74, 6) is -1.35. The lowest BCUT2D eigenvalue weighted by molar-refractivity contribution is -0.131. The van der Waals surface area contributed by atoms with Gasteiger partial charge in [0.15, 0.2) is 0 Å². The Morgan fingerprint density at radius 3 is 2.55 bits per heavy atom. The predicted octanol–water partition coefficient (Wildman–Crippen LogP) is 3.40. The molecule has 0 saturated carbocycles. The Morgan fingerprint density at radius 2 is 2.05 bits per heavy atom. The zero-order valence-electron chi connectivity index (χ0n) is 12.5. The van der Waals surface area contributed by atoms with Crippen molar-refractivity contribution in [3.63, 3.8) is 0 Å². The quantitative estimate of drug-likeness (QED) is 0.840. The lowest BCUT2D eigenvalue weighted by Gasteiger charge is -2.26. The molecule has 110 valence electrons. The zero-order chi connectivity index (χ0) is 15.3. The van der Waals surface area contributed by atoms with Gasteiger partial charge in [-0.1, -0.05) is 32.9 Å². The van der Waals surface area contributed by atoms with Crippen molar-refractivity contribution in [3.05, 3.63) is 41.2 Å². The normalized spacial score (nSPS) is 12.3. The lowest BCUT2D eigenvalue weighted by atomic mass is 9.96. The third-order valence-corrected chi connectivity index (χ3v) is 2.68. The van der Waals surface area contributed by atoms with Crippen molar-refractivity contribution in [2.24, 2.45) is 5.41 Å². The molecule has 0 bridgehead atoms. The van der Waals surface area contributed by atoms with Crippen molar-refractivity contribution in [1.82, 2.24) is 4.90 Å². The van der Waals surface area contributed by atoms with Crippen LogP contribution in [0.3, 0.4) is 0 Å². The van der Waals surface area contributed by atoms with E-state index in [2.05, 4.69) is 25.7 Å². The van der Waals surface area contributed by atoms with Crippen LogP contribution in [-0.4, -0.2) is 29.6 Å². The van der Waals surface area contributed by atoms with Gasteiger partial charge >= 0.3 is 5.97 Å². The van der Waals surface area contributed by atoms with Crippen LogP contribution in [0.2, 0.25) is 0 Å². The number of nitrogens with zero attached hydrogens (tertiary/aromatic N) is 1. The second kappa shape index (κ2) is 6.66. The molecule has 4 heteroatoms.